The van der Waals surface area contributed by atoms with E-state index in [2.05, 4.69) is 20.3 Å². The van der Waals surface area contributed by atoms with E-state index in [-0.39, 0.29) is 37.6 Å². The molecule has 2 unspecified atom stereocenters. The molecule has 198 valence electrons. The van der Waals surface area contributed by atoms with E-state index in [1.54, 1.807) is 29.6 Å². The van der Waals surface area contributed by atoms with Gasteiger partial charge in [0.2, 0.25) is 0 Å². The molecule has 4 aliphatic carbocycles. The van der Waals surface area contributed by atoms with Gasteiger partial charge >= 0.3 is 6.03 Å². The first-order valence-electron chi connectivity index (χ1n) is 12.5. The molecule has 2 amide bonds. The number of nitro benzene ring substituents is 1. The van der Waals surface area contributed by atoms with E-state index in [1.807, 2.05) is 12.1 Å². The SMILES string of the molecule is O=C(Nc1ccc(S(=O)(=O)Nc2nccs2)cc1)NC12C[C@H]3C[C@@H](C1)CC(c1ccc([N+](=O)[O-])cc1)(C3)C2. The van der Waals surface area contributed by atoms with E-state index in [0.717, 1.165) is 44.1 Å². The Hall–Kier alpha value is -3.51. The lowest BCUT2D eigenvalue weighted by Crippen LogP contribution is -2.64. The maximum absolute atomic E-state index is 13.1. The summed E-state index contributed by atoms with van der Waals surface area (Å²) in [6.07, 6.45) is 7.40. The van der Waals surface area contributed by atoms with Gasteiger partial charge in [-0.2, -0.15) is 0 Å². The van der Waals surface area contributed by atoms with Crippen molar-refractivity contribution in [3.05, 3.63) is 75.8 Å². The normalized spacial score (nSPS) is 27.6. The van der Waals surface area contributed by atoms with Gasteiger partial charge in [-0.3, -0.25) is 14.8 Å². The average Bonchev–Trinajstić information content (AvgIpc) is 3.35. The molecule has 0 saturated heterocycles. The Morgan fingerprint density at radius 3 is 2.32 bits per heavy atom. The predicted octanol–water partition coefficient (Wildman–Crippen LogP) is 5.26. The number of urea groups is 1. The number of carbonyl (C=O) groups is 1. The number of hydrogen-bond donors (Lipinski definition) is 3. The minimum absolute atomic E-state index is 0.0739. The van der Waals surface area contributed by atoms with Crippen LogP contribution in [0.4, 0.5) is 21.3 Å². The quantitative estimate of drug-likeness (QED) is 0.269. The molecule has 38 heavy (non-hydrogen) atoms. The van der Waals surface area contributed by atoms with Gasteiger partial charge in [-0.15, -0.1) is 11.3 Å². The van der Waals surface area contributed by atoms with Crippen molar-refractivity contribution in [2.45, 2.75) is 54.4 Å². The van der Waals surface area contributed by atoms with E-state index >= 15 is 0 Å². The van der Waals surface area contributed by atoms with Crippen LogP contribution in [-0.2, 0) is 15.4 Å². The lowest BCUT2D eigenvalue weighted by Gasteiger charge is -2.62. The minimum Gasteiger partial charge on any atom is -0.332 e. The van der Waals surface area contributed by atoms with Gasteiger partial charge in [0.05, 0.1) is 9.82 Å². The Morgan fingerprint density at radius 1 is 1.03 bits per heavy atom. The summed E-state index contributed by atoms with van der Waals surface area (Å²) in [5, 5.41) is 19.2. The van der Waals surface area contributed by atoms with Gasteiger partial charge in [0.1, 0.15) is 0 Å². The topological polar surface area (TPSA) is 143 Å². The van der Waals surface area contributed by atoms with Crippen molar-refractivity contribution < 1.29 is 18.1 Å². The van der Waals surface area contributed by atoms with Crippen LogP contribution in [0.3, 0.4) is 0 Å². The molecule has 0 aliphatic heterocycles. The molecule has 3 aromatic rings. The first kappa shape index (κ1) is 24.8. The Kier molecular flexibility index (Phi) is 5.91. The summed E-state index contributed by atoms with van der Waals surface area (Å²) >= 11 is 1.19. The van der Waals surface area contributed by atoms with E-state index in [4.69, 9.17) is 0 Å². The number of rotatable bonds is 7. The van der Waals surface area contributed by atoms with Crippen LogP contribution in [0.2, 0.25) is 0 Å². The number of aromatic nitrogens is 1. The molecular formula is C26H27N5O5S2. The highest BCUT2D eigenvalue weighted by atomic mass is 32.2. The molecule has 10 nitrogen and oxygen atoms in total. The molecule has 4 atom stereocenters. The first-order chi connectivity index (χ1) is 18.1. The summed E-state index contributed by atoms with van der Waals surface area (Å²) in [6.45, 7) is 0. The van der Waals surface area contributed by atoms with Crippen LogP contribution < -0.4 is 15.4 Å². The number of amides is 2. The first-order valence-corrected chi connectivity index (χ1v) is 14.9. The lowest BCUT2D eigenvalue weighted by atomic mass is 9.45. The maximum atomic E-state index is 13.1. The second kappa shape index (κ2) is 9.05. The fourth-order valence-corrected chi connectivity index (χ4v) is 9.04. The van der Waals surface area contributed by atoms with Crippen molar-refractivity contribution in [3.8, 4) is 0 Å². The number of carbonyl (C=O) groups excluding carboxylic acids is 1. The summed E-state index contributed by atoms with van der Waals surface area (Å²) < 4.78 is 27.6. The van der Waals surface area contributed by atoms with Gasteiger partial charge in [0.25, 0.3) is 15.7 Å². The number of anilines is 2. The highest BCUT2D eigenvalue weighted by Gasteiger charge is 2.58. The van der Waals surface area contributed by atoms with Crippen molar-refractivity contribution in [1.82, 2.24) is 10.3 Å². The van der Waals surface area contributed by atoms with Crippen molar-refractivity contribution in [1.29, 1.82) is 0 Å². The Balaban J connectivity index is 1.15. The molecule has 1 heterocycles. The monoisotopic (exact) mass is 553 g/mol. The van der Waals surface area contributed by atoms with Crippen LogP contribution in [0.5, 0.6) is 0 Å². The second-order valence-corrected chi connectivity index (χ2v) is 13.4. The van der Waals surface area contributed by atoms with E-state index in [9.17, 15) is 23.3 Å². The summed E-state index contributed by atoms with van der Waals surface area (Å²) in [4.78, 5) is 27.9. The van der Waals surface area contributed by atoms with Crippen LogP contribution in [-0.4, -0.2) is 29.9 Å². The molecule has 2 aromatic carbocycles. The van der Waals surface area contributed by atoms with E-state index < -0.39 is 10.0 Å². The van der Waals surface area contributed by atoms with Crippen molar-refractivity contribution in [3.63, 3.8) is 0 Å². The third-order valence-electron chi connectivity index (χ3n) is 8.21. The smallest absolute Gasteiger partial charge is 0.319 e. The zero-order chi connectivity index (χ0) is 26.5. The zero-order valence-corrected chi connectivity index (χ0v) is 22.1. The molecule has 0 spiro atoms. The Labute approximate surface area is 224 Å². The van der Waals surface area contributed by atoms with Gasteiger partial charge in [0.15, 0.2) is 5.13 Å². The van der Waals surface area contributed by atoms with Crippen LogP contribution in [0, 0.1) is 22.0 Å². The lowest BCUT2D eigenvalue weighted by molar-refractivity contribution is -0.384. The average molecular weight is 554 g/mol. The second-order valence-electron chi connectivity index (χ2n) is 10.9. The van der Waals surface area contributed by atoms with Gasteiger partial charge in [-0.1, -0.05) is 12.1 Å². The number of non-ortho nitro benzene ring substituents is 1. The Morgan fingerprint density at radius 2 is 1.71 bits per heavy atom. The number of nitrogens with zero attached hydrogens (tertiary/aromatic N) is 2. The minimum atomic E-state index is -3.77. The summed E-state index contributed by atoms with van der Waals surface area (Å²) in [5.74, 6) is 1.00. The van der Waals surface area contributed by atoms with Gasteiger partial charge in [-0.05, 0) is 85.6 Å². The zero-order valence-electron chi connectivity index (χ0n) is 20.4. The third kappa shape index (κ3) is 4.62. The number of benzene rings is 2. The van der Waals surface area contributed by atoms with Crippen LogP contribution >= 0.6 is 11.3 Å². The molecule has 1 aromatic heterocycles. The molecule has 7 rings (SSSR count). The summed E-state index contributed by atoms with van der Waals surface area (Å²) in [7, 11) is -3.77. The third-order valence-corrected chi connectivity index (χ3v) is 10.4. The predicted molar refractivity (Wildman–Crippen MR) is 144 cm³/mol. The molecular weight excluding hydrogens is 526 g/mol. The summed E-state index contributed by atoms with van der Waals surface area (Å²) in [5.41, 5.74) is 1.27. The van der Waals surface area contributed by atoms with Crippen molar-refractivity contribution in [2.75, 3.05) is 10.0 Å². The highest BCUT2D eigenvalue weighted by molar-refractivity contribution is 7.93. The van der Waals surface area contributed by atoms with Crippen LogP contribution in [0.25, 0.3) is 0 Å². The molecule has 4 aliphatic rings. The van der Waals surface area contributed by atoms with Crippen molar-refractivity contribution in [2.24, 2.45) is 11.8 Å². The van der Waals surface area contributed by atoms with Crippen molar-refractivity contribution >= 4 is 43.9 Å². The Bertz CT molecular complexity index is 1460. The molecule has 4 saturated carbocycles. The van der Waals surface area contributed by atoms with Crippen LogP contribution in [0.1, 0.15) is 44.1 Å². The van der Waals surface area contributed by atoms with Gasteiger partial charge < -0.3 is 10.6 Å². The molecule has 3 N–H and O–H groups in total. The number of nitro groups is 1. The molecule has 0 radical (unpaired) electrons. The number of nitrogens with one attached hydrogen (secondary N) is 3. The largest absolute Gasteiger partial charge is 0.332 e. The van der Waals surface area contributed by atoms with Gasteiger partial charge in [-0.25, -0.2) is 18.2 Å². The molecule has 4 bridgehead atoms. The molecule has 12 heteroatoms. The van der Waals surface area contributed by atoms with E-state index in [0.29, 0.717) is 17.5 Å². The fraction of sp³-hybridized carbons (Fsp3) is 0.385. The van der Waals surface area contributed by atoms with Gasteiger partial charge in [0, 0.05) is 34.9 Å². The fourth-order valence-electron chi connectivity index (χ4n) is 7.25. The maximum Gasteiger partial charge on any atom is 0.319 e. The van der Waals surface area contributed by atoms with Crippen LogP contribution in [0.15, 0.2) is 65.0 Å². The highest BCUT2D eigenvalue weighted by Crippen LogP contribution is 2.62. The number of hydrogen-bond acceptors (Lipinski definition) is 7. The molecule has 4 fully saturated rings. The number of sulfonamides is 1. The standard InChI is InChI=1S/C26H27N5O5S2/c32-23(28-20-3-7-22(8-4-20)38(35,36)30-24-27-9-10-37-24)29-26-14-17-11-18(15-26)13-25(12-17,16-26)19-1-5-21(6-2-19)31(33)34/h1-10,17-18H,11-16H2,(H,27,30)(H2,28,29,32)/t17-,18+,25?,26?. The number of thiazole rings is 1. The van der Waals surface area contributed by atoms with E-state index in [1.165, 1.54) is 29.7 Å². The summed E-state index contributed by atoms with van der Waals surface area (Å²) in [6, 6.07) is 12.6.